The number of anilines is 2. The van der Waals surface area contributed by atoms with Crippen molar-refractivity contribution < 1.29 is 4.55 Å². The van der Waals surface area contributed by atoms with Crippen LogP contribution in [0.2, 0.25) is 0 Å². The maximum Gasteiger partial charge on any atom is 0.229 e. The summed E-state index contributed by atoms with van der Waals surface area (Å²) in [7, 11) is 3.50. The van der Waals surface area contributed by atoms with E-state index in [-0.39, 0.29) is 5.82 Å². The van der Waals surface area contributed by atoms with Crippen molar-refractivity contribution in [3.05, 3.63) is 16.6 Å². The smallest absolute Gasteiger partial charge is 0.229 e. The fourth-order valence-corrected chi connectivity index (χ4v) is 3.75. The summed E-state index contributed by atoms with van der Waals surface area (Å²) in [5.41, 5.74) is 6.97. The van der Waals surface area contributed by atoms with Gasteiger partial charge in [0, 0.05) is 35.4 Å². The highest BCUT2D eigenvalue weighted by Crippen LogP contribution is 2.19. The quantitative estimate of drug-likeness (QED) is 0.252. The van der Waals surface area contributed by atoms with E-state index in [4.69, 9.17) is 5.73 Å². The second-order valence-electron chi connectivity index (χ2n) is 4.20. The van der Waals surface area contributed by atoms with Crippen LogP contribution in [-0.2, 0) is 5.75 Å². The number of nitrogens with one attached hydrogen (secondary N) is 3. The van der Waals surface area contributed by atoms with Crippen LogP contribution in [0.5, 0.6) is 0 Å². The Labute approximate surface area is 144 Å². The summed E-state index contributed by atoms with van der Waals surface area (Å²) in [6.07, 6.45) is 0. The third-order valence-electron chi connectivity index (χ3n) is 2.60. The van der Waals surface area contributed by atoms with Crippen molar-refractivity contribution >= 4 is 51.1 Å². The molecule has 0 bridgehead atoms. The third-order valence-corrected chi connectivity index (χ3v) is 5.11. The molecule has 2 heterocycles. The fourth-order valence-electron chi connectivity index (χ4n) is 1.56. The van der Waals surface area contributed by atoms with Crippen LogP contribution >= 0.6 is 34.2 Å². The van der Waals surface area contributed by atoms with Gasteiger partial charge in [-0.15, -0.1) is 15.7 Å². The molecule has 1 atom stereocenters. The first-order valence-corrected chi connectivity index (χ1v) is 9.77. The topological polar surface area (TPSA) is 139 Å². The summed E-state index contributed by atoms with van der Waals surface area (Å²) in [6.45, 7) is 0.571. The Kier molecular flexibility index (Phi) is 6.83. The summed E-state index contributed by atoms with van der Waals surface area (Å²) in [6, 6.07) is 0. The van der Waals surface area contributed by atoms with E-state index in [1.165, 1.54) is 11.3 Å². The van der Waals surface area contributed by atoms with Crippen molar-refractivity contribution in [2.45, 2.75) is 5.75 Å². The lowest BCUT2D eigenvalue weighted by Crippen LogP contribution is -2.26. The lowest BCUT2D eigenvalue weighted by molar-refractivity contribution is 0.584. The first kappa shape index (κ1) is 17.7. The van der Waals surface area contributed by atoms with Crippen molar-refractivity contribution in [1.82, 2.24) is 19.0 Å². The van der Waals surface area contributed by atoms with Gasteiger partial charge in [0.15, 0.2) is 22.2 Å². The first-order chi connectivity index (χ1) is 11.1. The summed E-state index contributed by atoms with van der Waals surface area (Å²) in [4.78, 5) is 12.8. The standard InChI is InChI=1S/C11H18N8OS3/c1-13-10(14-2)17-11-16-7(6-22-11)5-21-4-3-15-9-8(12)18-23(20)19-9/h6H,3-5H2,1-2H3,(H2,12,18)(H,15,19)(H2,13,14,16,17). The molecule has 0 aromatic carbocycles. The molecule has 12 heteroatoms. The van der Waals surface area contributed by atoms with Crippen LogP contribution < -0.4 is 21.9 Å². The van der Waals surface area contributed by atoms with Crippen molar-refractivity contribution in [1.29, 1.82) is 0 Å². The van der Waals surface area contributed by atoms with Gasteiger partial charge in [-0.05, 0) is 0 Å². The predicted octanol–water partition coefficient (Wildman–Crippen LogP) is 0.627. The van der Waals surface area contributed by atoms with Gasteiger partial charge in [0.25, 0.3) is 0 Å². The van der Waals surface area contributed by atoms with Crippen LogP contribution in [0.25, 0.3) is 0 Å². The Morgan fingerprint density at radius 3 is 3.09 bits per heavy atom. The number of H-pyrrole nitrogens is 1. The van der Waals surface area contributed by atoms with Gasteiger partial charge in [-0.25, -0.2) is 4.98 Å². The van der Waals surface area contributed by atoms with E-state index in [1.807, 2.05) is 5.38 Å². The summed E-state index contributed by atoms with van der Waals surface area (Å²) in [5, 5.41) is 8.85. The fraction of sp³-hybridized carbons (Fsp3) is 0.455. The minimum absolute atomic E-state index is 0.196. The van der Waals surface area contributed by atoms with E-state index in [2.05, 4.69) is 34.3 Å². The van der Waals surface area contributed by atoms with Crippen LogP contribution in [-0.4, -0.2) is 50.6 Å². The van der Waals surface area contributed by atoms with Crippen molar-refractivity contribution in [3.63, 3.8) is 0 Å². The summed E-state index contributed by atoms with van der Waals surface area (Å²) in [5.74, 6) is 2.48. The van der Waals surface area contributed by atoms with E-state index in [9.17, 15) is 4.55 Å². The Morgan fingerprint density at radius 1 is 1.61 bits per heavy atom. The Bertz CT molecular complexity index is 719. The highest BCUT2D eigenvalue weighted by atomic mass is 32.2. The van der Waals surface area contributed by atoms with E-state index >= 15 is 0 Å². The number of aliphatic imine (C=N–C) groups is 1. The molecule has 0 saturated carbocycles. The third kappa shape index (κ3) is 5.49. The highest BCUT2D eigenvalue weighted by Gasteiger charge is 2.05. The molecule has 23 heavy (non-hydrogen) atoms. The predicted molar refractivity (Wildman–Crippen MR) is 96.4 cm³/mol. The highest BCUT2D eigenvalue weighted by molar-refractivity contribution is 7.98. The number of aromatic nitrogens is 3. The maximum atomic E-state index is 11.1. The monoisotopic (exact) mass is 374 g/mol. The number of thioether (sulfide) groups is 1. The second-order valence-corrected chi connectivity index (χ2v) is 7.05. The number of nitrogens with zero attached hydrogens (tertiary/aromatic N) is 4. The van der Waals surface area contributed by atoms with Gasteiger partial charge >= 0.3 is 0 Å². The molecule has 2 rings (SSSR count). The molecule has 2 aromatic heterocycles. The molecule has 0 aliphatic heterocycles. The molecule has 0 saturated heterocycles. The number of rotatable bonds is 6. The minimum Gasteiger partial charge on any atom is -0.548 e. The van der Waals surface area contributed by atoms with E-state index in [0.717, 1.165) is 22.3 Å². The second kappa shape index (κ2) is 8.86. The van der Waals surface area contributed by atoms with Crippen LogP contribution in [0.4, 0.5) is 10.9 Å². The summed E-state index contributed by atoms with van der Waals surface area (Å²) < 4.78 is 17.3. The van der Waals surface area contributed by atoms with Gasteiger partial charge in [0.1, 0.15) is 0 Å². The lowest BCUT2D eigenvalue weighted by atomic mass is 10.6. The molecule has 5 N–H and O–H groups in total. The molecule has 0 aliphatic rings. The maximum absolute atomic E-state index is 11.1. The number of guanidine groups is 1. The molecule has 0 aliphatic carbocycles. The van der Waals surface area contributed by atoms with Crippen LogP contribution in [0.15, 0.2) is 15.4 Å². The van der Waals surface area contributed by atoms with Crippen LogP contribution in [0.1, 0.15) is 5.69 Å². The number of thiazole rings is 1. The minimum atomic E-state index is -1.48. The number of nitrogen functional groups attached to an aromatic ring is 1. The molecule has 0 amide bonds. The molecule has 126 valence electrons. The van der Waals surface area contributed by atoms with Gasteiger partial charge in [-0.1, -0.05) is 0 Å². The zero-order chi connectivity index (χ0) is 16.7. The molecule has 1 unspecified atom stereocenters. The lowest BCUT2D eigenvalue weighted by Gasteiger charge is -2.03. The van der Waals surface area contributed by atoms with E-state index < -0.39 is 11.1 Å². The average molecular weight is 375 g/mol. The zero-order valence-electron chi connectivity index (χ0n) is 12.7. The van der Waals surface area contributed by atoms with Gasteiger partial charge in [0.2, 0.25) is 11.3 Å². The Balaban J connectivity index is 1.76. The molecule has 0 radical (unpaired) electrons. The van der Waals surface area contributed by atoms with Crippen molar-refractivity contribution in [2.75, 3.05) is 37.4 Å². The number of hydrogen-bond donors (Lipinski definition) is 4. The number of aromatic amines is 1. The Morgan fingerprint density at radius 2 is 2.43 bits per heavy atom. The van der Waals surface area contributed by atoms with Crippen LogP contribution in [0, 0.1) is 0 Å². The Hall–Kier alpha value is -1.63. The molecule has 0 spiro atoms. The molecule has 9 nitrogen and oxygen atoms in total. The van der Waals surface area contributed by atoms with Gasteiger partial charge in [-0.2, -0.15) is 11.8 Å². The van der Waals surface area contributed by atoms with Gasteiger partial charge in [0.05, 0.1) is 12.2 Å². The summed E-state index contributed by atoms with van der Waals surface area (Å²) >= 11 is 1.77. The van der Waals surface area contributed by atoms with Gasteiger partial charge < -0.3 is 20.9 Å². The van der Waals surface area contributed by atoms with E-state index in [1.54, 1.807) is 25.9 Å². The number of hydrogen-bond acceptors (Lipinski definition) is 8. The van der Waals surface area contributed by atoms with Crippen molar-refractivity contribution in [3.8, 4) is 0 Å². The van der Waals surface area contributed by atoms with E-state index in [0.29, 0.717) is 18.0 Å². The molecule has 0 fully saturated rings. The first-order valence-electron chi connectivity index (χ1n) is 6.63. The largest absolute Gasteiger partial charge is 0.548 e. The molecular weight excluding hydrogens is 356 g/mol. The number of nitrogens with two attached hydrogens (primary N) is 1. The average Bonchev–Trinajstić information content (AvgIpc) is 3.10. The normalized spacial score (nSPS) is 13.4. The van der Waals surface area contributed by atoms with Crippen LogP contribution in [0.3, 0.4) is 0 Å². The van der Waals surface area contributed by atoms with Crippen molar-refractivity contribution in [2.24, 2.45) is 9.98 Å². The SMILES string of the molecule is CN=C(NC)Nc1nc(CSCCN=c2[nH][s+]([O-])nc2N)cs1. The molecular formula is C11H18N8OS3. The van der Waals surface area contributed by atoms with Gasteiger partial charge in [-0.3, -0.25) is 9.98 Å². The zero-order valence-corrected chi connectivity index (χ0v) is 15.1. The molecule has 2 aromatic rings.